The molecule has 108 valence electrons. The molecule has 2 aromatic carbocycles. The van der Waals surface area contributed by atoms with Crippen LogP contribution in [0.4, 0.5) is 0 Å². The van der Waals surface area contributed by atoms with E-state index in [1.54, 1.807) is 6.07 Å². The molecule has 0 aliphatic rings. The van der Waals surface area contributed by atoms with Gasteiger partial charge in [0.1, 0.15) is 0 Å². The molecule has 1 atom stereocenters. The lowest BCUT2D eigenvalue weighted by molar-refractivity contribution is 0.481. The van der Waals surface area contributed by atoms with Gasteiger partial charge in [0.25, 0.3) is 0 Å². The Morgan fingerprint density at radius 3 is 2.71 bits per heavy atom. The van der Waals surface area contributed by atoms with E-state index < -0.39 is 0 Å². The summed E-state index contributed by atoms with van der Waals surface area (Å²) in [5, 5.41) is 1.05. The zero-order valence-corrected chi connectivity index (χ0v) is 12.6. The average molecular weight is 321 g/mol. The number of nitrogens with one attached hydrogen (secondary N) is 1. The van der Waals surface area contributed by atoms with E-state index in [9.17, 15) is 0 Å². The topological polar surface area (TPSA) is 55.9 Å². The van der Waals surface area contributed by atoms with Crippen LogP contribution in [0.15, 0.2) is 48.8 Å². The predicted octanol–water partition coefficient (Wildman–Crippen LogP) is 3.55. The lowest BCUT2D eigenvalue weighted by atomic mass is 10.1. The highest BCUT2D eigenvalue weighted by Gasteiger charge is 2.13. The molecule has 0 spiro atoms. The molecule has 3 N–H and O–H groups in total. The van der Waals surface area contributed by atoms with Gasteiger partial charge in [-0.3, -0.25) is 11.3 Å². The van der Waals surface area contributed by atoms with E-state index in [2.05, 4.69) is 15.0 Å². The number of halogens is 2. The van der Waals surface area contributed by atoms with Crippen LogP contribution in [0, 0.1) is 0 Å². The van der Waals surface area contributed by atoms with E-state index in [-0.39, 0.29) is 6.04 Å². The summed E-state index contributed by atoms with van der Waals surface area (Å²) in [5.41, 5.74) is 5.82. The number of hydrogen-bond acceptors (Lipinski definition) is 3. The summed E-state index contributed by atoms with van der Waals surface area (Å²) in [6, 6.07) is 13.4. The maximum Gasteiger partial charge on any atom is 0.0958 e. The van der Waals surface area contributed by atoms with Gasteiger partial charge < -0.3 is 4.57 Å². The Labute approximate surface area is 132 Å². The van der Waals surface area contributed by atoms with Crippen LogP contribution in [-0.2, 0) is 6.54 Å². The van der Waals surface area contributed by atoms with Gasteiger partial charge >= 0.3 is 0 Å². The Bertz CT molecular complexity index is 769. The van der Waals surface area contributed by atoms with Gasteiger partial charge in [-0.1, -0.05) is 41.4 Å². The van der Waals surface area contributed by atoms with Gasteiger partial charge in [0, 0.05) is 6.54 Å². The van der Waals surface area contributed by atoms with E-state index in [1.165, 1.54) is 0 Å². The van der Waals surface area contributed by atoms with Gasteiger partial charge in [0.05, 0.1) is 33.4 Å². The highest BCUT2D eigenvalue weighted by Crippen LogP contribution is 2.26. The number of para-hydroxylation sites is 2. The van der Waals surface area contributed by atoms with E-state index in [0.29, 0.717) is 16.6 Å². The van der Waals surface area contributed by atoms with Crippen molar-refractivity contribution in [2.45, 2.75) is 12.6 Å². The minimum Gasteiger partial charge on any atom is -0.329 e. The third kappa shape index (κ3) is 2.89. The third-order valence-electron chi connectivity index (χ3n) is 3.45. The van der Waals surface area contributed by atoms with Crippen molar-refractivity contribution in [1.82, 2.24) is 15.0 Å². The van der Waals surface area contributed by atoms with Crippen molar-refractivity contribution >= 4 is 34.2 Å². The number of benzene rings is 2. The molecule has 0 fully saturated rings. The average Bonchev–Trinajstić information content (AvgIpc) is 2.91. The molecule has 6 heteroatoms. The normalized spacial score (nSPS) is 12.7. The monoisotopic (exact) mass is 320 g/mol. The van der Waals surface area contributed by atoms with Gasteiger partial charge in [-0.15, -0.1) is 0 Å². The Balaban J connectivity index is 1.92. The summed E-state index contributed by atoms with van der Waals surface area (Å²) in [5.74, 6) is 5.69. The molecule has 3 rings (SSSR count). The van der Waals surface area contributed by atoms with Gasteiger partial charge in [-0.05, 0) is 29.8 Å². The van der Waals surface area contributed by atoms with Crippen LogP contribution < -0.4 is 11.3 Å². The number of fused-ring (bicyclic) bond motifs is 1. The molecule has 0 saturated carbocycles. The molecule has 0 bridgehead atoms. The van der Waals surface area contributed by atoms with Gasteiger partial charge in [0.15, 0.2) is 0 Å². The summed E-state index contributed by atoms with van der Waals surface area (Å²) in [7, 11) is 0. The second-order valence-electron chi connectivity index (χ2n) is 4.78. The number of imidazole rings is 1. The van der Waals surface area contributed by atoms with E-state index in [4.69, 9.17) is 29.0 Å². The van der Waals surface area contributed by atoms with E-state index in [0.717, 1.165) is 16.6 Å². The largest absolute Gasteiger partial charge is 0.329 e. The lowest BCUT2D eigenvalue weighted by Gasteiger charge is -2.18. The van der Waals surface area contributed by atoms with Gasteiger partial charge in [-0.2, -0.15) is 0 Å². The zero-order valence-electron chi connectivity index (χ0n) is 11.1. The van der Waals surface area contributed by atoms with Crippen LogP contribution in [0.1, 0.15) is 11.6 Å². The zero-order chi connectivity index (χ0) is 14.8. The molecule has 0 saturated heterocycles. The summed E-state index contributed by atoms with van der Waals surface area (Å²) in [4.78, 5) is 4.38. The first-order valence-electron chi connectivity index (χ1n) is 6.50. The molecule has 1 aromatic heterocycles. The SMILES string of the molecule is NNC(Cn1cnc2ccccc21)c1ccc(Cl)c(Cl)c1. The van der Waals surface area contributed by atoms with Crippen LogP contribution in [0.25, 0.3) is 11.0 Å². The maximum atomic E-state index is 6.07. The molecule has 0 aliphatic carbocycles. The van der Waals surface area contributed by atoms with Crippen LogP contribution in [-0.4, -0.2) is 9.55 Å². The summed E-state index contributed by atoms with van der Waals surface area (Å²) in [6.07, 6.45) is 1.81. The Kier molecular flexibility index (Phi) is 4.12. The molecule has 21 heavy (non-hydrogen) atoms. The summed E-state index contributed by atoms with van der Waals surface area (Å²) < 4.78 is 2.06. The Morgan fingerprint density at radius 1 is 1.14 bits per heavy atom. The van der Waals surface area contributed by atoms with Crippen molar-refractivity contribution < 1.29 is 0 Å². The molecular formula is C15H14Cl2N4. The highest BCUT2D eigenvalue weighted by molar-refractivity contribution is 6.42. The maximum absolute atomic E-state index is 6.07. The predicted molar refractivity (Wildman–Crippen MR) is 86.3 cm³/mol. The third-order valence-corrected chi connectivity index (χ3v) is 4.19. The molecule has 1 unspecified atom stereocenters. The first-order valence-corrected chi connectivity index (χ1v) is 7.25. The summed E-state index contributed by atoms with van der Waals surface area (Å²) >= 11 is 12.0. The molecule has 1 heterocycles. The van der Waals surface area contributed by atoms with E-state index in [1.807, 2.05) is 42.7 Å². The fourth-order valence-electron chi connectivity index (χ4n) is 2.34. The van der Waals surface area contributed by atoms with E-state index >= 15 is 0 Å². The van der Waals surface area contributed by atoms with Gasteiger partial charge in [0.2, 0.25) is 0 Å². The van der Waals surface area contributed by atoms with Crippen molar-refractivity contribution in [2.24, 2.45) is 5.84 Å². The first-order chi connectivity index (χ1) is 10.2. The number of nitrogens with two attached hydrogens (primary N) is 1. The number of hydrazine groups is 1. The fraction of sp³-hybridized carbons (Fsp3) is 0.133. The van der Waals surface area contributed by atoms with Crippen LogP contribution in [0.3, 0.4) is 0 Å². The van der Waals surface area contributed by atoms with Crippen molar-refractivity contribution in [1.29, 1.82) is 0 Å². The number of rotatable bonds is 4. The molecular weight excluding hydrogens is 307 g/mol. The Morgan fingerprint density at radius 2 is 1.95 bits per heavy atom. The quantitative estimate of drug-likeness (QED) is 0.571. The van der Waals surface area contributed by atoms with Crippen molar-refractivity contribution in [3.05, 3.63) is 64.4 Å². The molecule has 4 nitrogen and oxygen atoms in total. The lowest BCUT2D eigenvalue weighted by Crippen LogP contribution is -2.31. The molecule has 0 radical (unpaired) electrons. The molecule has 0 aliphatic heterocycles. The minimum absolute atomic E-state index is 0.0858. The van der Waals surface area contributed by atoms with Crippen molar-refractivity contribution in [2.75, 3.05) is 0 Å². The van der Waals surface area contributed by atoms with Crippen LogP contribution in [0.2, 0.25) is 10.0 Å². The number of hydrogen-bond donors (Lipinski definition) is 2. The molecule has 0 amide bonds. The number of aromatic nitrogens is 2. The number of nitrogens with zero attached hydrogens (tertiary/aromatic N) is 2. The second kappa shape index (κ2) is 6.03. The first kappa shape index (κ1) is 14.4. The standard InChI is InChI=1S/C15H14Cl2N4/c16-11-6-5-10(7-12(11)17)14(20-18)8-21-9-19-13-3-1-2-4-15(13)21/h1-7,9,14,20H,8,18H2. The van der Waals surface area contributed by atoms with Crippen LogP contribution in [0.5, 0.6) is 0 Å². The highest BCUT2D eigenvalue weighted by atomic mass is 35.5. The van der Waals surface area contributed by atoms with Crippen molar-refractivity contribution in [3.8, 4) is 0 Å². The smallest absolute Gasteiger partial charge is 0.0958 e. The fourth-order valence-corrected chi connectivity index (χ4v) is 2.64. The van der Waals surface area contributed by atoms with Crippen LogP contribution >= 0.6 is 23.2 Å². The Hall–Kier alpha value is -1.59. The molecule has 3 aromatic rings. The summed E-state index contributed by atoms with van der Waals surface area (Å²) in [6.45, 7) is 0.648. The minimum atomic E-state index is -0.0858. The van der Waals surface area contributed by atoms with Gasteiger partial charge in [-0.25, -0.2) is 4.98 Å². The van der Waals surface area contributed by atoms with Crippen molar-refractivity contribution in [3.63, 3.8) is 0 Å². The second-order valence-corrected chi connectivity index (χ2v) is 5.59.